The van der Waals surface area contributed by atoms with E-state index in [2.05, 4.69) is 77.1 Å². The van der Waals surface area contributed by atoms with Gasteiger partial charge in [-0.3, -0.25) is 0 Å². The molecule has 1 aliphatic rings. The van der Waals surface area contributed by atoms with Crippen LogP contribution in [0.2, 0.25) is 0 Å². The maximum Gasteiger partial charge on any atom is 0.0543 e. The number of nitrogens with zero attached hydrogens (tertiary/aromatic N) is 1. The molecule has 1 atom stereocenters. The Labute approximate surface area is 129 Å². The van der Waals surface area contributed by atoms with E-state index in [0.717, 1.165) is 6.54 Å². The Kier molecular flexibility index (Phi) is 3.84. The Hall–Kier alpha value is -1.28. The predicted octanol–water partition coefficient (Wildman–Crippen LogP) is 5.41. The Morgan fingerprint density at radius 1 is 1.05 bits per heavy atom. The smallest absolute Gasteiger partial charge is 0.0543 e. The molecule has 3 rings (SSSR count). The van der Waals surface area contributed by atoms with Gasteiger partial charge in [0, 0.05) is 16.7 Å². The first kappa shape index (κ1) is 13.7. The highest BCUT2D eigenvalue weighted by Crippen LogP contribution is 2.37. The first-order valence-electron chi connectivity index (χ1n) is 7.24. The second kappa shape index (κ2) is 5.61. The summed E-state index contributed by atoms with van der Waals surface area (Å²) in [7, 11) is 0. The van der Waals surface area contributed by atoms with Crippen LogP contribution in [0.1, 0.15) is 35.6 Å². The minimum absolute atomic E-state index is 0.508. The second-order valence-electron chi connectivity index (χ2n) is 5.75. The van der Waals surface area contributed by atoms with Gasteiger partial charge in [0.15, 0.2) is 0 Å². The Bertz CT molecular complexity index is 600. The average Bonchev–Trinajstić information content (AvgIpc) is 2.86. The first-order valence-corrected chi connectivity index (χ1v) is 8.03. The van der Waals surface area contributed by atoms with E-state index in [1.165, 1.54) is 39.7 Å². The summed E-state index contributed by atoms with van der Waals surface area (Å²) in [6, 6.07) is 16.1. The van der Waals surface area contributed by atoms with Gasteiger partial charge in [0.2, 0.25) is 0 Å². The summed E-state index contributed by atoms with van der Waals surface area (Å²) in [4.78, 5) is 2.56. The largest absolute Gasteiger partial charge is 0.364 e. The third-order valence-electron chi connectivity index (χ3n) is 4.02. The van der Waals surface area contributed by atoms with Gasteiger partial charge < -0.3 is 4.90 Å². The normalized spacial score (nSPS) is 18.6. The quantitative estimate of drug-likeness (QED) is 0.712. The molecule has 1 saturated heterocycles. The van der Waals surface area contributed by atoms with E-state index in [1.807, 2.05) is 0 Å². The maximum absolute atomic E-state index is 3.59. The van der Waals surface area contributed by atoms with Crippen LogP contribution in [0.3, 0.4) is 0 Å². The van der Waals surface area contributed by atoms with Crippen molar-refractivity contribution in [1.82, 2.24) is 0 Å². The van der Waals surface area contributed by atoms with Crippen molar-refractivity contribution in [2.45, 2.75) is 32.7 Å². The lowest BCUT2D eigenvalue weighted by Gasteiger charge is -2.28. The number of anilines is 1. The van der Waals surface area contributed by atoms with Crippen LogP contribution >= 0.6 is 15.9 Å². The third kappa shape index (κ3) is 2.76. The summed E-state index contributed by atoms with van der Waals surface area (Å²) >= 11 is 3.59. The third-order valence-corrected chi connectivity index (χ3v) is 4.52. The minimum atomic E-state index is 0.508. The van der Waals surface area contributed by atoms with E-state index in [1.54, 1.807) is 0 Å². The number of rotatable bonds is 2. The van der Waals surface area contributed by atoms with E-state index >= 15 is 0 Å². The molecule has 1 fully saturated rings. The molecule has 2 aromatic rings. The summed E-state index contributed by atoms with van der Waals surface area (Å²) < 4.78 is 1.17. The highest BCUT2D eigenvalue weighted by molar-refractivity contribution is 9.10. The van der Waals surface area contributed by atoms with Gasteiger partial charge in [-0.1, -0.05) is 34.1 Å². The number of hydrogen-bond acceptors (Lipinski definition) is 1. The van der Waals surface area contributed by atoms with Crippen molar-refractivity contribution in [1.29, 1.82) is 0 Å². The SMILES string of the molecule is Cc1cc(C)cc(N2CCCC2c2cccc(Br)c2)c1. The molecule has 1 unspecified atom stereocenters. The van der Waals surface area contributed by atoms with Crippen LogP contribution in [0.25, 0.3) is 0 Å². The summed E-state index contributed by atoms with van der Waals surface area (Å²) in [6.07, 6.45) is 2.51. The number of hydrogen-bond donors (Lipinski definition) is 0. The highest BCUT2D eigenvalue weighted by Gasteiger charge is 2.26. The number of halogens is 1. The Morgan fingerprint density at radius 3 is 2.50 bits per heavy atom. The molecule has 0 aliphatic carbocycles. The summed E-state index contributed by atoms with van der Waals surface area (Å²) in [5.74, 6) is 0. The van der Waals surface area contributed by atoms with Gasteiger partial charge in [0.1, 0.15) is 0 Å². The molecular formula is C18H20BrN. The van der Waals surface area contributed by atoms with Crippen LogP contribution in [0.5, 0.6) is 0 Å². The minimum Gasteiger partial charge on any atom is -0.364 e. The predicted molar refractivity (Wildman–Crippen MR) is 89.4 cm³/mol. The number of benzene rings is 2. The lowest BCUT2D eigenvalue weighted by Crippen LogP contribution is -2.22. The molecule has 0 aromatic heterocycles. The molecule has 104 valence electrons. The molecule has 0 amide bonds. The summed E-state index contributed by atoms with van der Waals surface area (Å²) in [5.41, 5.74) is 5.47. The fourth-order valence-electron chi connectivity index (χ4n) is 3.25. The fraction of sp³-hybridized carbons (Fsp3) is 0.333. The zero-order chi connectivity index (χ0) is 14.1. The number of aryl methyl sites for hydroxylation is 2. The molecule has 0 saturated carbocycles. The van der Waals surface area contributed by atoms with Gasteiger partial charge in [0.05, 0.1) is 6.04 Å². The van der Waals surface area contributed by atoms with Gasteiger partial charge >= 0.3 is 0 Å². The topological polar surface area (TPSA) is 3.24 Å². The maximum atomic E-state index is 3.59. The zero-order valence-electron chi connectivity index (χ0n) is 12.1. The van der Waals surface area contributed by atoms with E-state index in [0.29, 0.717) is 6.04 Å². The van der Waals surface area contributed by atoms with Gasteiger partial charge in [-0.25, -0.2) is 0 Å². The van der Waals surface area contributed by atoms with Gasteiger partial charge in [0.25, 0.3) is 0 Å². The molecule has 2 heteroatoms. The molecule has 0 bridgehead atoms. The van der Waals surface area contributed by atoms with Crippen molar-refractivity contribution in [3.8, 4) is 0 Å². The molecule has 0 spiro atoms. The van der Waals surface area contributed by atoms with Crippen LogP contribution in [-0.2, 0) is 0 Å². The second-order valence-corrected chi connectivity index (χ2v) is 6.67. The summed E-state index contributed by atoms with van der Waals surface area (Å²) in [5, 5.41) is 0. The molecule has 2 aromatic carbocycles. The molecule has 1 heterocycles. The van der Waals surface area contributed by atoms with Crippen molar-refractivity contribution in [3.63, 3.8) is 0 Å². The van der Waals surface area contributed by atoms with Crippen molar-refractivity contribution in [2.75, 3.05) is 11.4 Å². The van der Waals surface area contributed by atoms with Crippen LogP contribution in [-0.4, -0.2) is 6.54 Å². The first-order chi connectivity index (χ1) is 9.63. The molecule has 20 heavy (non-hydrogen) atoms. The monoisotopic (exact) mass is 329 g/mol. The Morgan fingerprint density at radius 2 is 1.80 bits per heavy atom. The zero-order valence-corrected chi connectivity index (χ0v) is 13.7. The van der Waals surface area contributed by atoms with Crippen molar-refractivity contribution in [3.05, 3.63) is 63.6 Å². The fourth-order valence-corrected chi connectivity index (χ4v) is 3.67. The average molecular weight is 330 g/mol. The molecule has 0 N–H and O–H groups in total. The summed E-state index contributed by atoms with van der Waals surface area (Å²) in [6.45, 7) is 5.52. The van der Waals surface area contributed by atoms with Crippen LogP contribution in [0.4, 0.5) is 5.69 Å². The highest BCUT2D eigenvalue weighted by atomic mass is 79.9. The van der Waals surface area contributed by atoms with Crippen molar-refractivity contribution >= 4 is 21.6 Å². The van der Waals surface area contributed by atoms with Crippen molar-refractivity contribution in [2.24, 2.45) is 0 Å². The lowest BCUT2D eigenvalue weighted by atomic mass is 10.0. The molecule has 1 nitrogen and oxygen atoms in total. The Balaban J connectivity index is 1.96. The van der Waals surface area contributed by atoms with Crippen molar-refractivity contribution < 1.29 is 0 Å². The van der Waals surface area contributed by atoms with Crippen LogP contribution < -0.4 is 4.90 Å². The lowest BCUT2D eigenvalue weighted by molar-refractivity contribution is 0.718. The molecule has 1 aliphatic heterocycles. The van der Waals surface area contributed by atoms with Crippen LogP contribution in [0.15, 0.2) is 46.9 Å². The standard InChI is InChI=1S/C18H20BrN/c1-13-9-14(2)11-17(10-13)20-8-4-7-18(20)15-5-3-6-16(19)12-15/h3,5-6,9-12,18H,4,7-8H2,1-2H3. The van der Waals surface area contributed by atoms with E-state index < -0.39 is 0 Å². The molecular weight excluding hydrogens is 310 g/mol. The van der Waals surface area contributed by atoms with E-state index in [4.69, 9.17) is 0 Å². The van der Waals surface area contributed by atoms with Crippen LogP contribution in [0, 0.1) is 13.8 Å². The van der Waals surface area contributed by atoms with Gasteiger partial charge in [-0.05, 0) is 67.6 Å². The van der Waals surface area contributed by atoms with Gasteiger partial charge in [-0.2, -0.15) is 0 Å². The van der Waals surface area contributed by atoms with Gasteiger partial charge in [-0.15, -0.1) is 0 Å². The molecule has 0 radical (unpaired) electrons. The van der Waals surface area contributed by atoms with E-state index in [-0.39, 0.29) is 0 Å². The van der Waals surface area contributed by atoms with E-state index in [9.17, 15) is 0 Å².